The molecule has 1 heterocycles. The van der Waals surface area contributed by atoms with E-state index in [9.17, 15) is 4.39 Å². The molecule has 0 aliphatic rings. The highest BCUT2D eigenvalue weighted by Gasteiger charge is 2.06. The number of hydrogen-bond acceptors (Lipinski definition) is 2. The van der Waals surface area contributed by atoms with Gasteiger partial charge in [-0.25, -0.2) is 9.07 Å². The Labute approximate surface area is 153 Å². The number of benzene rings is 1. The van der Waals surface area contributed by atoms with Crippen molar-refractivity contribution < 1.29 is 4.39 Å². The lowest BCUT2D eigenvalue weighted by Crippen LogP contribution is -2.14. The van der Waals surface area contributed by atoms with Crippen molar-refractivity contribution >= 4 is 16.8 Å². The molecule has 2 rings (SSSR count). The summed E-state index contributed by atoms with van der Waals surface area (Å²) in [6.45, 7) is 10.3. The molecule has 0 spiro atoms. The molecule has 132 valence electrons. The minimum atomic E-state index is -0.198. The van der Waals surface area contributed by atoms with Gasteiger partial charge in [-0.15, -0.1) is 0 Å². The van der Waals surface area contributed by atoms with E-state index < -0.39 is 0 Å². The molecule has 1 N–H and O–H groups in total. The van der Waals surface area contributed by atoms with Gasteiger partial charge in [-0.2, -0.15) is 5.10 Å². The summed E-state index contributed by atoms with van der Waals surface area (Å²) in [5.41, 5.74) is 4.07. The number of aryl methyl sites for hydroxylation is 2. The zero-order chi connectivity index (χ0) is 18.4. The third-order valence-corrected chi connectivity index (χ3v) is 4.07. The van der Waals surface area contributed by atoms with Crippen molar-refractivity contribution in [3.8, 4) is 0 Å². The van der Waals surface area contributed by atoms with Gasteiger partial charge in [0.2, 0.25) is 0 Å². The molecule has 25 heavy (non-hydrogen) atoms. The Morgan fingerprint density at radius 3 is 2.72 bits per heavy atom. The van der Waals surface area contributed by atoms with Crippen LogP contribution in [0.25, 0.3) is 5.16 Å². The van der Waals surface area contributed by atoms with Gasteiger partial charge in [-0.05, 0) is 55.2 Å². The fraction of sp³-hybridized carbons (Fsp3) is 0.250. The van der Waals surface area contributed by atoms with E-state index in [0.717, 1.165) is 28.9 Å². The van der Waals surface area contributed by atoms with Crippen LogP contribution in [-0.4, -0.2) is 9.78 Å². The summed E-state index contributed by atoms with van der Waals surface area (Å²) in [5.74, 6) is -0.198. The van der Waals surface area contributed by atoms with Crippen LogP contribution < -0.4 is 5.32 Å². The summed E-state index contributed by atoms with van der Waals surface area (Å²) >= 11 is 6.34. The number of halogens is 2. The van der Waals surface area contributed by atoms with Crippen molar-refractivity contribution in [2.75, 3.05) is 0 Å². The van der Waals surface area contributed by atoms with Crippen molar-refractivity contribution in [1.29, 1.82) is 0 Å². The largest absolute Gasteiger partial charge is 0.381 e. The second kappa shape index (κ2) is 8.67. The van der Waals surface area contributed by atoms with Crippen molar-refractivity contribution in [2.45, 2.75) is 33.7 Å². The molecule has 0 amide bonds. The molecule has 5 heteroatoms. The lowest BCUT2D eigenvalue weighted by molar-refractivity contribution is 0.614. The molecule has 1 aromatic heterocycles. The lowest BCUT2D eigenvalue weighted by Gasteiger charge is -2.13. The van der Waals surface area contributed by atoms with Gasteiger partial charge in [0.25, 0.3) is 0 Å². The van der Waals surface area contributed by atoms with Crippen LogP contribution in [0.2, 0.25) is 0 Å². The molecule has 0 radical (unpaired) electrons. The summed E-state index contributed by atoms with van der Waals surface area (Å²) < 4.78 is 15.3. The minimum Gasteiger partial charge on any atom is -0.381 e. The number of rotatable bonds is 7. The molecule has 0 atom stereocenters. The Morgan fingerprint density at radius 1 is 1.36 bits per heavy atom. The first-order chi connectivity index (χ1) is 11.9. The number of aromatic nitrogens is 2. The van der Waals surface area contributed by atoms with Crippen LogP contribution in [0.5, 0.6) is 0 Å². The molecule has 0 saturated carbocycles. The zero-order valence-electron chi connectivity index (χ0n) is 14.8. The van der Waals surface area contributed by atoms with E-state index in [1.54, 1.807) is 36.0 Å². The topological polar surface area (TPSA) is 29.9 Å². The van der Waals surface area contributed by atoms with E-state index in [1.807, 2.05) is 32.1 Å². The van der Waals surface area contributed by atoms with E-state index >= 15 is 0 Å². The minimum absolute atomic E-state index is 0.198. The van der Waals surface area contributed by atoms with Gasteiger partial charge in [0.05, 0.1) is 0 Å². The highest BCUT2D eigenvalue weighted by molar-refractivity contribution is 6.45. The third-order valence-electron chi connectivity index (χ3n) is 3.80. The smallest absolute Gasteiger partial charge is 0.131 e. The van der Waals surface area contributed by atoms with Gasteiger partial charge < -0.3 is 5.32 Å². The van der Waals surface area contributed by atoms with Crippen molar-refractivity contribution in [1.82, 2.24) is 15.1 Å². The number of nitrogens with zero attached hydrogens (tertiary/aromatic N) is 2. The first kappa shape index (κ1) is 19.0. The molecule has 0 fully saturated rings. The SMILES string of the molecule is C=C(/C=C(/Cl)n1nccc1C)/C(=C/CC)NCc1ccc(C)c(F)c1. The van der Waals surface area contributed by atoms with E-state index in [0.29, 0.717) is 17.3 Å². The number of hydrogen-bond donors (Lipinski definition) is 1. The molecule has 0 aliphatic heterocycles. The summed E-state index contributed by atoms with van der Waals surface area (Å²) in [7, 11) is 0. The monoisotopic (exact) mass is 359 g/mol. The highest BCUT2D eigenvalue weighted by atomic mass is 35.5. The maximum atomic E-state index is 13.7. The van der Waals surface area contributed by atoms with E-state index in [2.05, 4.69) is 17.0 Å². The average Bonchev–Trinajstić information content (AvgIpc) is 3.00. The first-order valence-electron chi connectivity index (χ1n) is 8.19. The quantitative estimate of drug-likeness (QED) is 0.678. The second-order valence-corrected chi connectivity index (χ2v) is 6.23. The molecular formula is C20H23ClFN3. The summed E-state index contributed by atoms with van der Waals surface area (Å²) in [5, 5.41) is 7.96. The molecule has 2 aromatic rings. The first-order valence-corrected chi connectivity index (χ1v) is 8.56. The van der Waals surface area contributed by atoms with Crippen LogP contribution in [-0.2, 0) is 6.54 Å². The normalized spacial score (nSPS) is 12.4. The van der Waals surface area contributed by atoms with Gasteiger partial charge in [-0.3, -0.25) is 0 Å². The summed E-state index contributed by atoms with van der Waals surface area (Å²) in [6.07, 6.45) is 6.34. The van der Waals surface area contributed by atoms with Gasteiger partial charge >= 0.3 is 0 Å². The standard InChI is InChI=1S/C20H23ClFN3/c1-5-6-19(23-13-17-8-7-14(2)18(22)12-17)15(3)11-20(21)25-16(4)9-10-24-25/h6-12,23H,3,5,13H2,1-2,4H3/b19-6-,20-11-. The third kappa shape index (κ3) is 5.07. The van der Waals surface area contributed by atoms with E-state index in [-0.39, 0.29) is 5.82 Å². The molecule has 0 bridgehead atoms. The van der Waals surface area contributed by atoms with Crippen LogP contribution in [0.3, 0.4) is 0 Å². The Bertz CT molecular complexity index is 818. The second-order valence-electron chi connectivity index (χ2n) is 5.84. The van der Waals surface area contributed by atoms with Gasteiger partial charge in [-0.1, -0.05) is 43.3 Å². The van der Waals surface area contributed by atoms with Crippen LogP contribution in [0.15, 0.2) is 60.5 Å². The van der Waals surface area contributed by atoms with Crippen LogP contribution in [0.1, 0.15) is 30.2 Å². The molecule has 0 aliphatic carbocycles. The maximum absolute atomic E-state index is 13.7. The molecule has 1 aromatic carbocycles. The molecule has 3 nitrogen and oxygen atoms in total. The fourth-order valence-corrected chi connectivity index (χ4v) is 2.65. The molecule has 0 unspecified atom stereocenters. The van der Waals surface area contributed by atoms with Crippen molar-refractivity contribution in [3.05, 3.63) is 83.1 Å². The average molecular weight is 360 g/mol. The molecule has 0 saturated heterocycles. The van der Waals surface area contributed by atoms with Crippen LogP contribution >= 0.6 is 11.6 Å². The Kier molecular flexibility index (Phi) is 6.59. The maximum Gasteiger partial charge on any atom is 0.131 e. The van der Waals surface area contributed by atoms with Gasteiger partial charge in [0, 0.05) is 24.1 Å². The van der Waals surface area contributed by atoms with Gasteiger partial charge in [0.1, 0.15) is 11.0 Å². The van der Waals surface area contributed by atoms with Crippen LogP contribution in [0.4, 0.5) is 4.39 Å². The van der Waals surface area contributed by atoms with Crippen LogP contribution in [0, 0.1) is 19.7 Å². The Balaban J connectivity index is 2.12. The number of nitrogens with one attached hydrogen (secondary N) is 1. The van der Waals surface area contributed by atoms with E-state index in [1.165, 1.54) is 0 Å². The van der Waals surface area contributed by atoms with E-state index in [4.69, 9.17) is 11.6 Å². The predicted molar refractivity (Wildman–Crippen MR) is 103 cm³/mol. The number of allylic oxidation sites excluding steroid dienone is 2. The summed E-state index contributed by atoms with van der Waals surface area (Å²) in [4.78, 5) is 0. The Morgan fingerprint density at radius 2 is 2.12 bits per heavy atom. The fourth-order valence-electron chi connectivity index (χ4n) is 2.34. The zero-order valence-corrected chi connectivity index (χ0v) is 15.6. The van der Waals surface area contributed by atoms with Crippen molar-refractivity contribution in [3.63, 3.8) is 0 Å². The predicted octanol–water partition coefficient (Wildman–Crippen LogP) is 5.32. The summed E-state index contributed by atoms with van der Waals surface area (Å²) in [6, 6.07) is 7.12. The van der Waals surface area contributed by atoms with Crippen molar-refractivity contribution in [2.24, 2.45) is 0 Å². The van der Waals surface area contributed by atoms with Gasteiger partial charge in [0.15, 0.2) is 0 Å². The Hall–Kier alpha value is -2.33. The lowest BCUT2D eigenvalue weighted by atomic mass is 10.1. The molecular weight excluding hydrogens is 337 g/mol. The highest BCUT2D eigenvalue weighted by Crippen LogP contribution is 2.18.